The first-order valence-electron chi connectivity index (χ1n) is 2.72. The van der Waals surface area contributed by atoms with E-state index in [9.17, 15) is 0 Å². The van der Waals surface area contributed by atoms with E-state index in [0.717, 1.165) is 19.3 Å². The van der Waals surface area contributed by atoms with Gasteiger partial charge in [0.15, 0.2) is 0 Å². The van der Waals surface area contributed by atoms with Gasteiger partial charge in [-0.15, -0.1) is 12.4 Å². The summed E-state index contributed by atoms with van der Waals surface area (Å²) in [6, 6.07) is 0.273. The first kappa shape index (κ1) is 8.21. The Morgan fingerprint density at radius 2 is 2.00 bits per heavy atom. The molecule has 1 saturated carbocycles. The predicted molar refractivity (Wildman–Crippen MR) is 35.1 cm³/mol. The van der Waals surface area contributed by atoms with Crippen LogP contribution in [0, 0.1) is 0 Å². The van der Waals surface area contributed by atoms with Crippen LogP contribution in [0.15, 0.2) is 0 Å². The van der Waals surface area contributed by atoms with E-state index in [1.807, 2.05) is 0 Å². The van der Waals surface area contributed by atoms with Gasteiger partial charge in [-0.1, -0.05) is 0 Å². The summed E-state index contributed by atoms with van der Waals surface area (Å²) in [5, 5.41) is 8.82. The maximum Gasteiger partial charge on any atom is 0.0555 e. The Kier molecular flexibility index (Phi) is 3.36. The largest absolute Gasteiger partial charge is 0.393 e. The van der Waals surface area contributed by atoms with Gasteiger partial charge in [-0.25, -0.2) is 0 Å². The van der Waals surface area contributed by atoms with E-state index in [0.29, 0.717) is 0 Å². The Morgan fingerprint density at radius 1 is 1.38 bits per heavy atom. The van der Waals surface area contributed by atoms with Crippen molar-refractivity contribution in [1.29, 1.82) is 0 Å². The van der Waals surface area contributed by atoms with E-state index >= 15 is 0 Å². The molecule has 3 N–H and O–H groups in total. The summed E-state index contributed by atoms with van der Waals surface area (Å²) in [5.41, 5.74) is 5.47. The number of rotatable bonds is 0. The number of halogens is 1. The van der Waals surface area contributed by atoms with Gasteiger partial charge in [0.05, 0.1) is 6.10 Å². The highest BCUT2D eigenvalue weighted by Gasteiger charge is 2.18. The van der Waals surface area contributed by atoms with Crippen LogP contribution in [0.4, 0.5) is 0 Å². The van der Waals surface area contributed by atoms with E-state index < -0.39 is 0 Å². The van der Waals surface area contributed by atoms with Crippen LogP contribution < -0.4 is 5.73 Å². The van der Waals surface area contributed by atoms with Gasteiger partial charge in [-0.2, -0.15) is 0 Å². The van der Waals surface area contributed by atoms with Crippen LogP contribution in [0.2, 0.25) is 0 Å². The molecule has 0 aromatic rings. The molecule has 0 heterocycles. The third kappa shape index (κ3) is 1.99. The minimum absolute atomic E-state index is 0. The van der Waals surface area contributed by atoms with Gasteiger partial charge >= 0.3 is 0 Å². The molecule has 0 spiro atoms. The van der Waals surface area contributed by atoms with Crippen LogP contribution >= 0.6 is 12.4 Å². The maximum absolute atomic E-state index is 8.82. The van der Waals surface area contributed by atoms with Gasteiger partial charge in [0.25, 0.3) is 0 Å². The lowest BCUT2D eigenvalue weighted by Crippen LogP contribution is -2.15. The Balaban J connectivity index is 0.000000490. The number of aliphatic hydroxyl groups is 1. The molecule has 3 heteroatoms. The molecule has 0 aromatic carbocycles. The minimum Gasteiger partial charge on any atom is -0.393 e. The Hall–Kier alpha value is 0.210. The molecule has 50 valence electrons. The van der Waals surface area contributed by atoms with Gasteiger partial charge in [-0.05, 0) is 19.3 Å². The molecule has 2 atom stereocenters. The van der Waals surface area contributed by atoms with Crippen molar-refractivity contribution in [3.8, 4) is 0 Å². The van der Waals surface area contributed by atoms with Crippen molar-refractivity contribution in [2.24, 2.45) is 5.73 Å². The van der Waals surface area contributed by atoms with E-state index in [1.165, 1.54) is 0 Å². The third-order valence-electron chi connectivity index (χ3n) is 1.45. The molecule has 2 nitrogen and oxygen atoms in total. The summed E-state index contributed by atoms with van der Waals surface area (Å²) >= 11 is 0. The van der Waals surface area contributed by atoms with Crippen molar-refractivity contribution in [1.82, 2.24) is 0 Å². The van der Waals surface area contributed by atoms with Crippen molar-refractivity contribution in [3.63, 3.8) is 0 Å². The average molecular weight is 138 g/mol. The molecule has 1 aliphatic carbocycles. The number of nitrogens with two attached hydrogens (primary N) is 1. The van der Waals surface area contributed by atoms with Crippen LogP contribution in [0.5, 0.6) is 0 Å². The number of aliphatic hydroxyl groups excluding tert-OH is 1. The lowest BCUT2D eigenvalue weighted by atomic mass is 10.3. The fourth-order valence-corrected chi connectivity index (χ4v) is 0.992. The first-order chi connectivity index (χ1) is 3.29. The zero-order valence-electron chi connectivity index (χ0n) is 4.71. The fourth-order valence-electron chi connectivity index (χ4n) is 0.992. The monoisotopic (exact) mass is 137 g/mol. The van der Waals surface area contributed by atoms with Crippen molar-refractivity contribution >= 4 is 12.4 Å². The van der Waals surface area contributed by atoms with Crippen LogP contribution in [-0.2, 0) is 0 Å². The van der Waals surface area contributed by atoms with Crippen LogP contribution in [0.25, 0.3) is 0 Å². The summed E-state index contributed by atoms with van der Waals surface area (Å²) in [7, 11) is 0. The second-order valence-corrected chi connectivity index (χ2v) is 2.23. The van der Waals surface area contributed by atoms with Gasteiger partial charge < -0.3 is 10.8 Å². The van der Waals surface area contributed by atoms with Crippen LogP contribution in [0.3, 0.4) is 0 Å². The molecule has 0 amide bonds. The van der Waals surface area contributed by atoms with Crippen LogP contribution in [0.1, 0.15) is 19.3 Å². The zero-order chi connectivity index (χ0) is 5.28. The second kappa shape index (κ2) is 3.28. The van der Waals surface area contributed by atoms with Gasteiger partial charge in [-0.3, -0.25) is 0 Å². The molecule has 0 radical (unpaired) electrons. The Labute approximate surface area is 55.5 Å². The molecule has 0 bridgehead atoms. The average Bonchev–Trinajstić information content (AvgIpc) is 1.87. The predicted octanol–water partition coefficient (Wildman–Crippen LogP) is 0.280. The highest BCUT2D eigenvalue weighted by molar-refractivity contribution is 5.85. The Morgan fingerprint density at radius 3 is 2.12 bits per heavy atom. The normalized spacial score (nSPS) is 36.8. The van der Waals surface area contributed by atoms with E-state index in [1.54, 1.807) is 0 Å². The van der Waals surface area contributed by atoms with Crippen molar-refractivity contribution in [2.45, 2.75) is 31.4 Å². The molecular formula is C5H12ClNO. The van der Waals surface area contributed by atoms with Gasteiger partial charge in [0.1, 0.15) is 0 Å². The van der Waals surface area contributed by atoms with Gasteiger partial charge in [0.2, 0.25) is 0 Å². The highest BCUT2D eigenvalue weighted by atomic mass is 35.5. The van der Waals surface area contributed by atoms with Crippen LogP contribution in [-0.4, -0.2) is 17.3 Å². The molecule has 8 heavy (non-hydrogen) atoms. The maximum atomic E-state index is 8.82. The smallest absolute Gasteiger partial charge is 0.0555 e. The number of hydrogen-bond acceptors (Lipinski definition) is 2. The summed E-state index contributed by atoms with van der Waals surface area (Å²) < 4.78 is 0. The summed E-state index contributed by atoms with van der Waals surface area (Å²) in [5.74, 6) is 0. The summed E-state index contributed by atoms with van der Waals surface area (Å²) in [4.78, 5) is 0. The molecule has 1 rings (SSSR count). The first-order valence-corrected chi connectivity index (χ1v) is 2.72. The zero-order valence-corrected chi connectivity index (χ0v) is 5.53. The minimum atomic E-state index is -0.102. The van der Waals surface area contributed by atoms with Crippen molar-refractivity contribution < 1.29 is 5.11 Å². The molecular weight excluding hydrogens is 126 g/mol. The van der Waals surface area contributed by atoms with Gasteiger partial charge in [0, 0.05) is 6.04 Å². The van der Waals surface area contributed by atoms with Crippen molar-refractivity contribution in [3.05, 3.63) is 0 Å². The molecule has 2 unspecified atom stereocenters. The van der Waals surface area contributed by atoms with E-state index in [-0.39, 0.29) is 24.6 Å². The van der Waals surface area contributed by atoms with E-state index in [2.05, 4.69) is 0 Å². The molecule has 0 aliphatic heterocycles. The molecule has 1 aliphatic rings. The topological polar surface area (TPSA) is 46.2 Å². The summed E-state index contributed by atoms with van der Waals surface area (Å²) in [6.45, 7) is 0. The Bertz CT molecular complexity index is 61.4. The lowest BCUT2D eigenvalue weighted by molar-refractivity contribution is 0.181. The third-order valence-corrected chi connectivity index (χ3v) is 1.45. The molecule has 1 fully saturated rings. The fraction of sp³-hybridized carbons (Fsp3) is 1.00. The lowest BCUT2D eigenvalue weighted by Gasteiger charge is -1.96. The van der Waals surface area contributed by atoms with E-state index in [4.69, 9.17) is 10.8 Å². The standard InChI is InChI=1S/C5H11NO.ClH/c6-4-1-2-5(7)3-4;/h4-5,7H,1-3,6H2;1H. The molecule has 0 aromatic heterocycles. The number of hydrogen-bond donors (Lipinski definition) is 2. The highest BCUT2D eigenvalue weighted by Crippen LogP contribution is 2.15. The quantitative estimate of drug-likeness (QED) is 0.504. The summed E-state index contributed by atoms with van der Waals surface area (Å²) in [6.07, 6.45) is 2.61. The second-order valence-electron chi connectivity index (χ2n) is 2.23. The SMILES string of the molecule is Cl.NC1CCC(O)C1. The van der Waals surface area contributed by atoms with Crippen molar-refractivity contribution in [2.75, 3.05) is 0 Å². The molecule has 0 saturated heterocycles.